The highest BCUT2D eigenvalue weighted by Gasteiger charge is 2.15. The van der Waals surface area contributed by atoms with E-state index in [1.807, 2.05) is 13.0 Å². The molecule has 0 spiro atoms. The topological polar surface area (TPSA) is 78.1 Å². The van der Waals surface area contributed by atoms with Gasteiger partial charge in [-0.05, 0) is 25.5 Å². The van der Waals surface area contributed by atoms with Gasteiger partial charge in [0, 0.05) is 0 Å². The van der Waals surface area contributed by atoms with Gasteiger partial charge in [0.2, 0.25) is 11.7 Å². The average molecular weight is 193 g/mol. The SMILES string of the molecule is Cc1ccoc1-c1noc(C(C)N)n1. The van der Waals surface area contributed by atoms with Crippen molar-refractivity contribution in [2.24, 2.45) is 5.73 Å². The molecular formula is C9H11N3O2. The average Bonchev–Trinajstić information content (AvgIpc) is 2.71. The van der Waals surface area contributed by atoms with Crippen molar-refractivity contribution >= 4 is 0 Å². The number of rotatable bonds is 2. The highest BCUT2D eigenvalue weighted by atomic mass is 16.5. The molecule has 5 heteroatoms. The minimum Gasteiger partial charge on any atom is -0.461 e. The van der Waals surface area contributed by atoms with Crippen molar-refractivity contribution in [1.82, 2.24) is 10.1 Å². The van der Waals surface area contributed by atoms with Crippen molar-refractivity contribution in [2.45, 2.75) is 19.9 Å². The number of hydrogen-bond acceptors (Lipinski definition) is 5. The van der Waals surface area contributed by atoms with Crippen LogP contribution in [-0.2, 0) is 0 Å². The minimum absolute atomic E-state index is 0.258. The Morgan fingerprint density at radius 3 is 2.79 bits per heavy atom. The second kappa shape index (κ2) is 3.26. The molecular weight excluding hydrogens is 182 g/mol. The predicted octanol–water partition coefficient (Wildman–Crippen LogP) is 1.66. The molecule has 74 valence electrons. The Hall–Kier alpha value is -1.62. The van der Waals surface area contributed by atoms with Gasteiger partial charge in [-0.25, -0.2) is 0 Å². The van der Waals surface area contributed by atoms with E-state index in [1.54, 1.807) is 13.2 Å². The van der Waals surface area contributed by atoms with Gasteiger partial charge in [0.1, 0.15) is 0 Å². The standard InChI is InChI=1S/C9H11N3O2/c1-5-3-4-13-7(5)8-11-9(6(2)10)14-12-8/h3-4,6H,10H2,1-2H3. The summed E-state index contributed by atoms with van der Waals surface area (Å²) in [5.41, 5.74) is 6.57. The smallest absolute Gasteiger partial charge is 0.243 e. The summed E-state index contributed by atoms with van der Waals surface area (Å²) in [5.74, 6) is 1.48. The Bertz CT molecular complexity index is 431. The Morgan fingerprint density at radius 1 is 1.50 bits per heavy atom. The maximum atomic E-state index is 5.59. The molecule has 2 N–H and O–H groups in total. The molecule has 0 radical (unpaired) electrons. The molecule has 2 aromatic rings. The third kappa shape index (κ3) is 1.42. The van der Waals surface area contributed by atoms with Crippen molar-refractivity contribution in [3.8, 4) is 11.6 Å². The number of nitrogens with two attached hydrogens (primary N) is 1. The molecule has 0 aliphatic rings. The van der Waals surface area contributed by atoms with E-state index < -0.39 is 0 Å². The molecule has 2 aromatic heterocycles. The molecule has 2 rings (SSSR count). The summed E-state index contributed by atoms with van der Waals surface area (Å²) in [7, 11) is 0. The first-order valence-electron chi connectivity index (χ1n) is 4.32. The highest BCUT2D eigenvalue weighted by molar-refractivity contribution is 5.50. The monoisotopic (exact) mass is 193 g/mol. The first kappa shape index (κ1) is 8.96. The molecule has 2 heterocycles. The second-order valence-corrected chi connectivity index (χ2v) is 3.18. The van der Waals surface area contributed by atoms with Gasteiger partial charge < -0.3 is 14.7 Å². The van der Waals surface area contributed by atoms with Gasteiger partial charge in [0.15, 0.2) is 5.76 Å². The molecule has 5 nitrogen and oxygen atoms in total. The number of nitrogens with zero attached hydrogens (tertiary/aromatic N) is 2. The normalized spacial score (nSPS) is 13.1. The fourth-order valence-corrected chi connectivity index (χ4v) is 1.11. The van der Waals surface area contributed by atoms with E-state index in [4.69, 9.17) is 14.7 Å². The lowest BCUT2D eigenvalue weighted by atomic mass is 10.3. The molecule has 0 aliphatic heterocycles. The van der Waals surface area contributed by atoms with Gasteiger partial charge in [0.25, 0.3) is 0 Å². The molecule has 14 heavy (non-hydrogen) atoms. The Morgan fingerprint density at radius 2 is 2.29 bits per heavy atom. The van der Waals surface area contributed by atoms with Crippen LogP contribution in [0, 0.1) is 6.92 Å². The van der Waals surface area contributed by atoms with Gasteiger partial charge in [-0.3, -0.25) is 0 Å². The summed E-state index contributed by atoms with van der Waals surface area (Å²) in [5, 5.41) is 3.78. The lowest BCUT2D eigenvalue weighted by Crippen LogP contribution is -2.04. The number of hydrogen-bond donors (Lipinski definition) is 1. The third-order valence-corrected chi connectivity index (χ3v) is 1.90. The summed E-state index contributed by atoms with van der Waals surface area (Å²) in [6.45, 7) is 3.70. The van der Waals surface area contributed by atoms with Gasteiger partial charge in [-0.2, -0.15) is 4.98 Å². The molecule has 1 atom stereocenters. The maximum Gasteiger partial charge on any atom is 0.243 e. The van der Waals surface area contributed by atoms with Crippen LogP contribution in [0.3, 0.4) is 0 Å². The van der Waals surface area contributed by atoms with Crippen LogP contribution in [0.5, 0.6) is 0 Å². The molecule has 0 aromatic carbocycles. The third-order valence-electron chi connectivity index (χ3n) is 1.90. The first-order valence-corrected chi connectivity index (χ1v) is 4.32. The zero-order valence-corrected chi connectivity index (χ0v) is 8.02. The summed E-state index contributed by atoms with van der Waals surface area (Å²) in [4.78, 5) is 4.12. The lowest BCUT2D eigenvalue weighted by molar-refractivity contribution is 0.361. The van der Waals surface area contributed by atoms with E-state index in [9.17, 15) is 0 Å². The van der Waals surface area contributed by atoms with E-state index in [2.05, 4.69) is 10.1 Å². The number of furan rings is 1. The predicted molar refractivity (Wildman–Crippen MR) is 49.3 cm³/mol. The van der Waals surface area contributed by atoms with E-state index in [1.165, 1.54) is 0 Å². The molecule has 0 saturated carbocycles. The summed E-state index contributed by atoms with van der Waals surface area (Å²) < 4.78 is 10.2. The van der Waals surface area contributed by atoms with Crippen LogP contribution in [0.4, 0.5) is 0 Å². The van der Waals surface area contributed by atoms with Crippen LogP contribution in [0.1, 0.15) is 24.4 Å². The van der Waals surface area contributed by atoms with Crippen LogP contribution in [0.2, 0.25) is 0 Å². The number of aromatic nitrogens is 2. The summed E-state index contributed by atoms with van der Waals surface area (Å²) in [6, 6.07) is 1.59. The Kier molecular flexibility index (Phi) is 2.09. The van der Waals surface area contributed by atoms with Crippen molar-refractivity contribution in [3.63, 3.8) is 0 Å². The van der Waals surface area contributed by atoms with Crippen LogP contribution >= 0.6 is 0 Å². The van der Waals surface area contributed by atoms with Gasteiger partial charge in [-0.15, -0.1) is 0 Å². The molecule has 0 bridgehead atoms. The molecule has 0 saturated heterocycles. The molecule has 0 amide bonds. The van der Waals surface area contributed by atoms with Crippen molar-refractivity contribution in [2.75, 3.05) is 0 Å². The van der Waals surface area contributed by atoms with Gasteiger partial charge in [0.05, 0.1) is 12.3 Å². The zero-order chi connectivity index (χ0) is 10.1. The molecule has 1 unspecified atom stereocenters. The fourth-order valence-electron chi connectivity index (χ4n) is 1.11. The van der Waals surface area contributed by atoms with Crippen LogP contribution < -0.4 is 5.73 Å². The summed E-state index contributed by atoms with van der Waals surface area (Å²) >= 11 is 0. The van der Waals surface area contributed by atoms with Crippen LogP contribution in [-0.4, -0.2) is 10.1 Å². The van der Waals surface area contributed by atoms with E-state index in [-0.39, 0.29) is 6.04 Å². The first-order chi connectivity index (χ1) is 6.68. The largest absolute Gasteiger partial charge is 0.461 e. The van der Waals surface area contributed by atoms with Crippen molar-refractivity contribution in [3.05, 3.63) is 23.8 Å². The minimum atomic E-state index is -0.258. The molecule has 0 fully saturated rings. The van der Waals surface area contributed by atoms with Gasteiger partial charge in [-0.1, -0.05) is 5.16 Å². The van der Waals surface area contributed by atoms with Crippen LogP contribution in [0.15, 0.2) is 21.3 Å². The highest BCUT2D eigenvalue weighted by Crippen LogP contribution is 2.22. The second-order valence-electron chi connectivity index (χ2n) is 3.18. The van der Waals surface area contributed by atoms with Crippen LogP contribution in [0.25, 0.3) is 11.6 Å². The van der Waals surface area contributed by atoms with E-state index in [0.29, 0.717) is 17.5 Å². The van der Waals surface area contributed by atoms with Crippen molar-refractivity contribution in [1.29, 1.82) is 0 Å². The quantitative estimate of drug-likeness (QED) is 0.784. The summed E-state index contributed by atoms with van der Waals surface area (Å²) in [6.07, 6.45) is 1.59. The van der Waals surface area contributed by atoms with Crippen molar-refractivity contribution < 1.29 is 8.94 Å². The fraction of sp³-hybridized carbons (Fsp3) is 0.333. The Balaban J connectivity index is 2.39. The van der Waals surface area contributed by atoms with E-state index >= 15 is 0 Å². The zero-order valence-electron chi connectivity index (χ0n) is 8.02. The lowest BCUT2D eigenvalue weighted by Gasteiger charge is -1.92. The van der Waals surface area contributed by atoms with Gasteiger partial charge >= 0.3 is 0 Å². The number of aryl methyl sites for hydroxylation is 1. The van der Waals surface area contributed by atoms with E-state index in [0.717, 1.165) is 5.56 Å². The molecule has 0 aliphatic carbocycles. The Labute approximate surface area is 80.9 Å². The maximum absolute atomic E-state index is 5.59.